The van der Waals surface area contributed by atoms with Gasteiger partial charge in [0.2, 0.25) is 0 Å². The predicted octanol–water partition coefficient (Wildman–Crippen LogP) is 0.893. The molecule has 2 aromatic rings. The van der Waals surface area contributed by atoms with Gasteiger partial charge in [0.05, 0.1) is 6.04 Å². The van der Waals surface area contributed by atoms with Gasteiger partial charge in [-0.1, -0.05) is 42.5 Å². The molecule has 0 saturated carbocycles. The molecular formula is C16H21BN2O2. The van der Waals surface area contributed by atoms with Gasteiger partial charge < -0.3 is 20.7 Å². The third-order valence-corrected chi connectivity index (χ3v) is 3.70. The van der Waals surface area contributed by atoms with Gasteiger partial charge in [-0.25, -0.2) is 0 Å². The number of anilines is 1. The summed E-state index contributed by atoms with van der Waals surface area (Å²) in [6.45, 7) is 0.525. The molecule has 0 spiro atoms. The molecule has 0 aliphatic rings. The van der Waals surface area contributed by atoms with E-state index in [1.165, 1.54) is 0 Å². The Hall–Kier alpha value is -1.82. The Morgan fingerprint density at radius 3 is 2.29 bits per heavy atom. The maximum Gasteiger partial charge on any atom is 0.488 e. The van der Waals surface area contributed by atoms with Gasteiger partial charge in [0.25, 0.3) is 0 Å². The third-order valence-electron chi connectivity index (χ3n) is 3.70. The van der Waals surface area contributed by atoms with Crippen molar-refractivity contribution in [3.8, 4) is 0 Å². The van der Waals surface area contributed by atoms with E-state index in [4.69, 9.17) is 5.73 Å². The van der Waals surface area contributed by atoms with Gasteiger partial charge in [-0.2, -0.15) is 0 Å². The molecule has 2 aromatic carbocycles. The average Bonchev–Trinajstić information content (AvgIpc) is 2.53. The topological polar surface area (TPSA) is 69.7 Å². The summed E-state index contributed by atoms with van der Waals surface area (Å²) in [4.78, 5) is 2.12. The first kappa shape index (κ1) is 15.6. The van der Waals surface area contributed by atoms with Crippen molar-refractivity contribution in [2.45, 2.75) is 12.5 Å². The third kappa shape index (κ3) is 3.64. The van der Waals surface area contributed by atoms with Crippen LogP contribution in [0.1, 0.15) is 18.0 Å². The molecule has 2 rings (SSSR count). The zero-order valence-electron chi connectivity index (χ0n) is 12.2. The minimum Gasteiger partial charge on any atom is -0.423 e. The second-order valence-electron chi connectivity index (χ2n) is 5.04. The van der Waals surface area contributed by atoms with Crippen LogP contribution in [0.5, 0.6) is 0 Å². The van der Waals surface area contributed by atoms with Crippen molar-refractivity contribution < 1.29 is 10.0 Å². The quantitative estimate of drug-likeness (QED) is 0.689. The molecule has 0 amide bonds. The van der Waals surface area contributed by atoms with Crippen LogP contribution in [0.2, 0.25) is 0 Å². The van der Waals surface area contributed by atoms with Crippen LogP contribution < -0.4 is 16.1 Å². The van der Waals surface area contributed by atoms with E-state index in [1.54, 1.807) is 12.1 Å². The summed E-state index contributed by atoms with van der Waals surface area (Å²) >= 11 is 0. The second-order valence-corrected chi connectivity index (χ2v) is 5.04. The van der Waals surface area contributed by atoms with Crippen molar-refractivity contribution >= 4 is 18.3 Å². The summed E-state index contributed by atoms with van der Waals surface area (Å²) in [6.07, 6.45) is 0.731. The molecular weight excluding hydrogens is 263 g/mol. The van der Waals surface area contributed by atoms with Crippen LogP contribution in [-0.4, -0.2) is 30.8 Å². The maximum atomic E-state index is 9.58. The highest BCUT2D eigenvalue weighted by Gasteiger charge is 2.24. The van der Waals surface area contributed by atoms with E-state index < -0.39 is 7.12 Å². The number of hydrogen-bond acceptors (Lipinski definition) is 4. The summed E-state index contributed by atoms with van der Waals surface area (Å²) in [6, 6.07) is 17.4. The van der Waals surface area contributed by atoms with E-state index in [0.29, 0.717) is 12.0 Å². The normalized spacial score (nSPS) is 12.0. The van der Waals surface area contributed by atoms with Crippen molar-refractivity contribution in [2.24, 2.45) is 5.73 Å². The first-order valence-electron chi connectivity index (χ1n) is 7.08. The molecule has 1 atom stereocenters. The molecule has 0 aliphatic heterocycles. The van der Waals surface area contributed by atoms with Crippen molar-refractivity contribution in [1.82, 2.24) is 0 Å². The van der Waals surface area contributed by atoms with E-state index >= 15 is 0 Å². The first-order valence-corrected chi connectivity index (χ1v) is 7.08. The molecule has 1 unspecified atom stereocenters. The lowest BCUT2D eigenvalue weighted by Crippen LogP contribution is -2.38. The van der Waals surface area contributed by atoms with Gasteiger partial charge in [-0.05, 0) is 36.1 Å². The van der Waals surface area contributed by atoms with Crippen LogP contribution in [0.3, 0.4) is 0 Å². The highest BCUT2D eigenvalue weighted by Crippen LogP contribution is 2.27. The number of hydrogen-bond donors (Lipinski definition) is 3. The molecule has 0 bridgehead atoms. The second kappa shape index (κ2) is 7.27. The molecule has 0 aromatic heterocycles. The number of benzene rings is 2. The van der Waals surface area contributed by atoms with Crippen LogP contribution in [0.4, 0.5) is 5.69 Å². The number of para-hydroxylation sites is 1. The molecule has 110 valence electrons. The Morgan fingerprint density at radius 1 is 1.05 bits per heavy atom. The Morgan fingerprint density at radius 2 is 1.67 bits per heavy atom. The first-order chi connectivity index (χ1) is 10.1. The zero-order chi connectivity index (χ0) is 15.2. The SMILES string of the molecule is CN(c1ccccc1)C(CCN)c1ccccc1B(O)O. The van der Waals surface area contributed by atoms with E-state index in [-0.39, 0.29) is 6.04 Å². The zero-order valence-corrected chi connectivity index (χ0v) is 12.2. The van der Waals surface area contributed by atoms with Gasteiger partial charge in [-0.15, -0.1) is 0 Å². The van der Waals surface area contributed by atoms with Crippen molar-refractivity contribution in [2.75, 3.05) is 18.5 Å². The van der Waals surface area contributed by atoms with Gasteiger partial charge in [0.15, 0.2) is 0 Å². The number of nitrogens with two attached hydrogens (primary N) is 1. The molecule has 4 nitrogen and oxygen atoms in total. The van der Waals surface area contributed by atoms with Crippen LogP contribution in [0.25, 0.3) is 0 Å². The minimum absolute atomic E-state index is 0.00426. The standard InChI is InChI=1S/C16H21BN2O2/c1-19(13-7-3-2-4-8-13)16(11-12-18)14-9-5-6-10-15(14)17(20)21/h2-10,16,20-21H,11-12,18H2,1H3. The van der Waals surface area contributed by atoms with E-state index in [2.05, 4.69) is 4.90 Å². The fourth-order valence-corrected chi connectivity index (χ4v) is 2.61. The molecule has 5 heteroatoms. The van der Waals surface area contributed by atoms with Crippen molar-refractivity contribution in [3.63, 3.8) is 0 Å². The predicted molar refractivity (Wildman–Crippen MR) is 87.5 cm³/mol. The van der Waals surface area contributed by atoms with Gasteiger partial charge in [0.1, 0.15) is 0 Å². The van der Waals surface area contributed by atoms with Gasteiger partial charge >= 0.3 is 7.12 Å². The van der Waals surface area contributed by atoms with Crippen molar-refractivity contribution in [3.05, 3.63) is 60.2 Å². The average molecular weight is 284 g/mol. The molecule has 0 radical (unpaired) electrons. The van der Waals surface area contributed by atoms with Gasteiger partial charge in [0, 0.05) is 12.7 Å². The van der Waals surface area contributed by atoms with E-state index in [1.807, 2.05) is 49.5 Å². The molecule has 21 heavy (non-hydrogen) atoms. The lowest BCUT2D eigenvalue weighted by atomic mass is 9.74. The van der Waals surface area contributed by atoms with Crippen LogP contribution >= 0.6 is 0 Å². The fraction of sp³-hybridized carbons (Fsp3) is 0.250. The molecule has 4 N–H and O–H groups in total. The maximum absolute atomic E-state index is 9.58. The Kier molecular flexibility index (Phi) is 5.39. The number of nitrogens with zero attached hydrogens (tertiary/aromatic N) is 1. The molecule has 0 aliphatic carbocycles. The highest BCUT2D eigenvalue weighted by molar-refractivity contribution is 6.59. The molecule has 0 saturated heterocycles. The monoisotopic (exact) mass is 284 g/mol. The largest absolute Gasteiger partial charge is 0.488 e. The van der Waals surface area contributed by atoms with E-state index in [9.17, 15) is 10.0 Å². The van der Waals surface area contributed by atoms with Crippen molar-refractivity contribution in [1.29, 1.82) is 0 Å². The summed E-state index contributed by atoms with van der Waals surface area (Å²) in [5, 5.41) is 19.2. The molecule has 0 heterocycles. The van der Waals surface area contributed by atoms with E-state index in [0.717, 1.165) is 17.7 Å². The highest BCUT2D eigenvalue weighted by atomic mass is 16.4. The lowest BCUT2D eigenvalue weighted by molar-refractivity contribution is 0.424. The summed E-state index contributed by atoms with van der Waals surface area (Å²) in [5.74, 6) is 0. The lowest BCUT2D eigenvalue weighted by Gasteiger charge is -2.31. The Balaban J connectivity index is 2.40. The minimum atomic E-state index is -1.48. The van der Waals surface area contributed by atoms with Gasteiger partial charge in [-0.3, -0.25) is 0 Å². The smallest absolute Gasteiger partial charge is 0.423 e. The van der Waals surface area contributed by atoms with Crippen LogP contribution in [0.15, 0.2) is 54.6 Å². The number of rotatable bonds is 6. The van der Waals surface area contributed by atoms with Crippen LogP contribution in [-0.2, 0) is 0 Å². The Labute approximate surface area is 126 Å². The molecule has 0 fully saturated rings. The van der Waals surface area contributed by atoms with Crippen LogP contribution in [0, 0.1) is 0 Å². The summed E-state index contributed by atoms with van der Waals surface area (Å²) < 4.78 is 0. The Bertz CT molecular complexity index is 563. The fourth-order valence-electron chi connectivity index (χ4n) is 2.61. The summed E-state index contributed by atoms with van der Waals surface area (Å²) in [7, 11) is 0.515. The summed E-state index contributed by atoms with van der Waals surface area (Å²) in [5.41, 5.74) is 8.24.